The van der Waals surface area contributed by atoms with Gasteiger partial charge in [-0.2, -0.15) is 0 Å². The minimum atomic E-state index is 0.696. The van der Waals surface area contributed by atoms with Crippen molar-refractivity contribution in [1.29, 1.82) is 0 Å². The molecule has 0 aliphatic heterocycles. The Bertz CT molecular complexity index is 4240. The third kappa shape index (κ3) is 6.83. The summed E-state index contributed by atoms with van der Waals surface area (Å²) < 4.78 is 9.06. The molecule has 0 radical (unpaired) electrons. The van der Waals surface area contributed by atoms with Crippen LogP contribution in [0.15, 0.2) is 218 Å². The van der Waals surface area contributed by atoms with Crippen molar-refractivity contribution in [2.45, 2.75) is 13.8 Å². The quantitative estimate of drug-likeness (QED) is 0.0767. The van der Waals surface area contributed by atoms with Crippen molar-refractivity contribution in [3.05, 3.63) is 213 Å². The zero-order chi connectivity index (χ0) is 46.5. The molecule has 0 aliphatic carbocycles. The van der Waals surface area contributed by atoms with Gasteiger partial charge in [-0.25, -0.2) is 9.97 Å². The minimum absolute atomic E-state index is 0.696. The lowest BCUT2D eigenvalue weighted by molar-refractivity contribution is 0.669. The summed E-state index contributed by atoms with van der Waals surface area (Å²) in [5, 5.41) is 15.4. The maximum atomic E-state index is 6.61. The Kier molecular flexibility index (Phi) is 11.4. The van der Waals surface area contributed by atoms with Gasteiger partial charge in [0.1, 0.15) is 11.2 Å². The molecule has 0 aliphatic rings. The summed E-state index contributed by atoms with van der Waals surface area (Å²) in [7, 11) is 0. The number of aromatic nitrogens is 3. The van der Waals surface area contributed by atoms with Gasteiger partial charge in [-0.3, -0.25) is 0 Å². The van der Waals surface area contributed by atoms with Crippen molar-refractivity contribution in [3.8, 4) is 33.8 Å². The van der Waals surface area contributed by atoms with E-state index in [1.54, 1.807) is 12.2 Å². The number of benzene rings is 10. The molecule has 0 saturated carbocycles. The zero-order valence-corrected chi connectivity index (χ0v) is 41.0. The molecule has 4 heterocycles. The van der Waals surface area contributed by atoms with E-state index < -0.39 is 0 Å². The zero-order valence-electron chi connectivity index (χ0n) is 37.7. The number of halogens is 1. The highest BCUT2D eigenvalue weighted by molar-refractivity contribution is 14.2. The van der Waals surface area contributed by atoms with E-state index in [1.165, 1.54) is 59.6 Å². The van der Waals surface area contributed by atoms with Gasteiger partial charge in [0.2, 0.25) is 0 Å². The van der Waals surface area contributed by atoms with E-state index in [-0.39, 0.29) is 0 Å². The number of para-hydroxylation sites is 2. The molecule has 0 N–H and O–H groups in total. The van der Waals surface area contributed by atoms with Crippen LogP contribution in [0.1, 0.15) is 13.8 Å². The van der Waals surface area contributed by atoms with Gasteiger partial charge in [0, 0.05) is 54.2 Å². The molecule has 326 valence electrons. The molecule has 1 atom stereocenters. The summed E-state index contributed by atoms with van der Waals surface area (Å²) in [6.45, 7) is 12.9. The van der Waals surface area contributed by atoms with E-state index in [2.05, 4.69) is 235 Å². The number of nitrogens with zero attached hydrogens (tertiary/aromatic N) is 3. The van der Waals surface area contributed by atoms with E-state index in [1.807, 2.05) is 13.8 Å². The van der Waals surface area contributed by atoms with Crippen LogP contribution in [-0.4, -0.2) is 14.4 Å². The summed E-state index contributed by atoms with van der Waals surface area (Å²) in [5.74, 6) is 0.696. The molecular formula is C62H45IN3OP. The molecule has 0 spiro atoms. The van der Waals surface area contributed by atoms with Crippen molar-refractivity contribution in [2.24, 2.45) is 0 Å². The second-order valence-corrected chi connectivity index (χ2v) is 16.8. The van der Waals surface area contributed by atoms with Crippen LogP contribution in [0.2, 0.25) is 0 Å². The number of furan rings is 1. The normalized spacial score (nSPS) is 11.4. The van der Waals surface area contributed by atoms with Crippen LogP contribution in [0.4, 0.5) is 0 Å². The average molecular weight is 1010 g/mol. The summed E-state index contributed by atoms with van der Waals surface area (Å²) in [6.07, 6.45) is 3.50. The van der Waals surface area contributed by atoms with Crippen molar-refractivity contribution in [1.82, 2.24) is 14.4 Å². The number of hydrogen-bond acceptors (Lipinski definition) is 3. The number of fused-ring (bicyclic) bond motifs is 17. The molecule has 4 aromatic heterocycles. The first-order chi connectivity index (χ1) is 33.6. The summed E-state index contributed by atoms with van der Waals surface area (Å²) in [6, 6.07) is 67.5. The van der Waals surface area contributed by atoms with E-state index in [4.69, 9.17) is 14.4 Å². The molecule has 14 rings (SSSR count). The van der Waals surface area contributed by atoms with E-state index in [0.29, 0.717) is 5.82 Å². The molecule has 0 saturated heterocycles. The van der Waals surface area contributed by atoms with Crippen LogP contribution in [0, 0.1) is 0 Å². The first-order valence-electron chi connectivity index (χ1n) is 22.7. The Labute approximate surface area is 409 Å². The minimum Gasteiger partial charge on any atom is -0.456 e. The topological polar surface area (TPSA) is 43.3 Å². The van der Waals surface area contributed by atoms with Gasteiger partial charge in [0.15, 0.2) is 5.82 Å². The Hall–Kier alpha value is -7.44. The summed E-state index contributed by atoms with van der Waals surface area (Å²) >= 11 is 2.07. The van der Waals surface area contributed by atoms with Gasteiger partial charge in [-0.1, -0.05) is 193 Å². The first kappa shape index (κ1) is 43.1. The van der Waals surface area contributed by atoms with Crippen LogP contribution in [-0.2, 0) is 0 Å². The van der Waals surface area contributed by atoms with E-state index in [0.717, 1.165) is 71.6 Å². The van der Waals surface area contributed by atoms with Gasteiger partial charge in [0.05, 0.1) is 27.8 Å². The van der Waals surface area contributed by atoms with Gasteiger partial charge < -0.3 is 8.82 Å². The fourth-order valence-electron chi connectivity index (χ4n) is 10.3. The molecule has 14 aromatic rings. The maximum absolute atomic E-state index is 6.61. The average Bonchev–Trinajstić information content (AvgIpc) is 4.06. The molecule has 68 heavy (non-hydrogen) atoms. The van der Waals surface area contributed by atoms with Crippen molar-refractivity contribution in [3.63, 3.8) is 0 Å². The lowest BCUT2D eigenvalue weighted by atomic mass is 9.93. The number of allylic oxidation sites excluding steroid dienone is 2. The predicted octanol–water partition coefficient (Wildman–Crippen LogP) is 18.7. The lowest BCUT2D eigenvalue weighted by Crippen LogP contribution is -1.98. The third-order valence-electron chi connectivity index (χ3n) is 12.9. The summed E-state index contributed by atoms with van der Waals surface area (Å²) in [4.78, 5) is 11.0. The largest absolute Gasteiger partial charge is 0.456 e. The smallest absolute Gasteiger partial charge is 0.161 e. The van der Waals surface area contributed by atoms with Crippen LogP contribution < -0.4 is 0 Å². The molecule has 1 unspecified atom stereocenters. The standard InChI is InChI=1S/C56H31N3O.2C3H6.H2IP/c1-2-13-32(14-3-1)53-52-39-19-7-5-16-36(39)37-17-6-8-20-40(37)54(52)58-56(57-53)42-21-9-4-15-35(42)33-26-28-49-45(29-33)46-31-44-34(30-50(46)60-49)25-27-48-51(44)43-23-12-22-41-38-18-10-11-24-47(38)59(48)55(41)43;2*1-3-2;1-2/h1-31H;2*3H,1H2,2H3;2H2. The maximum Gasteiger partial charge on any atom is 0.161 e. The fourth-order valence-corrected chi connectivity index (χ4v) is 10.3. The molecule has 4 nitrogen and oxygen atoms in total. The SMILES string of the molecule is C=CC.C=CC.PI.c1ccc(-c2nc(-c3ccccc3-c3ccc4oc5cc6ccc7c(c6cc5c4c3)c3cccc4c5ccccc5n7c43)nc3c4ccccc4c4ccccc4c23)cc1. The van der Waals surface area contributed by atoms with E-state index >= 15 is 0 Å². The Morgan fingerprint density at radius 3 is 1.82 bits per heavy atom. The summed E-state index contributed by atoms with van der Waals surface area (Å²) in [5.41, 5.74) is 11.6. The van der Waals surface area contributed by atoms with Crippen molar-refractivity contribution < 1.29 is 4.42 Å². The third-order valence-corrected chi connectivity index (χ3v) is 12.9. The fraction of sp³-hybridized carbons (Fsp3) is 0.0323. The van der Waals surface area contributed by atoms with Crippen LogP contribution in [0.25, 0.3) is 137 Å². The number of hydrogen-bond donors (Lipinski definition) is 0. The Balaban J connectivity index is 0.000000598. The van der Waals surface area contributed by atoms with E-state index in [9.17, 15) is 0 Å². The van der Waals surface area contributed by atoms with Crippen LogP contribution in [0.5, 0.6) is 0 Å². The predicted molar refractivity (Wildman–Crippen MR) is 306 cm³/mol. The second kappa shape index (κ2) is 18.0. The second-order valence-electron chi connectivity index (χ2n) is 16.8. The molecule has 10 aromatic carbocycles. The molecule has 6 heteroatoms. The van der Waals surface area contributed by atoms with Gasteiger partial charge >= 0.3 is 0 Å². The monoisotopic (exact) mass is 1010 g/mol. The lowest BCUT2D eigenvalue weighted by Gasteiger charge is -2.16. The molecule has 0 fully saturated rings. The van der Waals surface area contributed by atoms with Gasteiger partial charge in [-0.15, -0.1) is 13.2 Å². The van der Waals surface area contributed by atoms with Crippen molar-refractivity contribution >= 4 is 132 Å². The molecular weight excluding hydrogens is 961 g/mol. The Morgan fingerprint density at radius 2 is 1.06 bits per heavy atom. The highest BCUT2D eigenvalue weighted by Crippen LogP contribution is 2.45. The highest BCUT2D eigenvalue weighted by atomic mass is 127. The van der Waals surface area contributed by atoms with Crippen LogP contribution >= 0.6 is 28.9 Å². The first-order valence-corrected chi connectivity index (χ1v) is 26.9. The highest BCUT2D eigenvalue weighted by Gasteiger charge is 2.22. The molecule has 0 bridgehead atoms. The Morgan fingerprint density at radius 1 is 0.456 bits per heavy atom. The number of rotatable bonds is 3. The van der Waals surface area contributed by atoms with Gasteiger partial charge in [0.25, 0.3) is 0 Å². The van der Waals surface area contributed by atoms with Gasteiger partial charge in [-0.05, 0) is 88.3 Å². The molecule has 0 amide bonds. The van der Waals surface area contributed by atoms with Crippen LogP contribution in [0.3, 0.4) is 0 Å². The van der Waals surface area contributed by atoms with Crippen molar-refractivity contribution in [2.75, 3.05) is 0 Å².